The second-order valence-electron chi connectivity index (χ2n) is 5.40. The normalized spacial score (nSPS) is 26.5. The Morgan fingerprint density at radius 2 is 2.26 bits per heavy atom. The van der Waals surface area contributed by atoms with Gasteiger partial charge in [-0.1, -0.05) is 6.07 Å². The van der Waals surface area contributed by atoms with Gasteiger partial charge in [0.1, 0.15) is 11.9 Å². The number of ketones is 1. The van der Waals surface area contributed by atoms with Crippen molar-refractivity contribution in [3.63, 3.8) is 0 Å². The molecule has 9 heteroatoms. The summed E-state index contributed by atoms with van der Waals surface area (Å²) in [6, 6.07) is 7.05. The van der Waals surface area contributed by atoms with E-state index in [1.54, 1.807) is 11.8 Å². The summed E-state index contributed by atoms with van der Waals surface area (Å²) in [5, 5.41) is 8.23. The fourth-order valence-corrected chi connectivity index (χ4v) is 3.15. The maximum Gasteiger partial charge on any atom is 0.221 e. The molecule has 0 N–H and O–H groups in total. The zero-order valence-electron chi connectivity index (χ0n) is 12.3. The number of hydrogen-bond acceptors (Lipinski definition) is 7. The highest BCUT2D eigenvalue weighted by molar-refractivity contribution is 7.71. The molecule has 0 radical (unpaired) electrons. The zero-order valence-corrected chi connectivity index (χ0v) is 13.1. The number of rotatable bonds is 3. The molecule has 23 heavy (non-hydrogen) atoms. The Hall–Kier alpha value is -2.10. The van der Waals surface area contributed by atoms with Crippen molar-refractivity contribution >= 4 is 18.0 Å². The summed E-state index contributed by atoms with van der Waals surface area (Å²) in [6.45, 7) is 0.356. The predicted octanol–water partition coefficient (Wildman–Crippen LogP) is 1.06. The monoisotopic (exact) mass is 334 g/mol. The van der Waals surface area contributed by atoms with Crippen molar-refractivity contribution in [2.45, 2.75) is 24.9 Å². The molecule has 2 aliphatic rings. The minimum Gasteiger partial charge on any atom is -0.497 e. The molecule has 4 rings (SSSR count). The van der Waals surface area contributed by atoms with Crippen molar-refractivity contribution in [1.29, 1.82) is 0 Å². The average Bonchev–Trinajstić information content (AvgIpc) is 3.17. The molecule has 2 saturated heterocycles. The van der Waals surface area contributed by atoms with E-state index in [0.29, 0.717) is 17.1 Å². The molecule has 0 amide bonds. The summed E-state index contributed by atoms with van der Waals surface area (Å²) in [5.41, 5.74) is 0.740. The van der Waals surface area contributed by atoms with Crippen molar-refractivity contribution in [3.8, 4) is 11.4 Å². The van der Waals surface area contributed by atoms with Gasteiger partial charge >= 0.3 is 0 Å². The Morgan fingerprint density at radius 1 is 1.39 bits per heavy atom. The summed E-state index contributed by atoms with van der Waals surface area (Å²) in [5.74, 6) is 0.601. The van der Waals surface area contributed by atoms with E-state index in [1.807, 2.05) is 24.3 Å². The topological polar surface area (TPSA) is 80.4 Å². The van der Waals surface area contributed by atoms with Gasteiger partial charge in [0.05, 0.1) is 25.4 Å². The smallest absolute Gasteiger partial charge is 0.221 e. The van der Waals surface area contributed by atoms with Gasteiger partial charge in [0.2, 0.25) is 11.1 Å². The van der Waals surface area contributed by atoms with Crippen LogP contribution in [0.2, 0.25) is 0 Å². The van der Waals surface area contributed by atoms with Gasteiger partial charge in [0.25, 0.3) is 0 Å². The third-order valence-electron chi connectivity index (χ3n) is 4.03. The van der Waals surface area contributed by atoms with Gasteiger partial charge in [0, 0.05) is 12.5 Å². The Labute approximate surface area is 136 Å². The van der Waals surface area contributed by atoms with E-state index >= 15 is 0 Å². The van der Waals surface area contributed by atoms with Crippen molar-refractivity contribution in [3.05, 3.63) is 29.0 Å². The molecule has 2 fully saturated rings. The van der Waals surface area contributed by atoms with Gasteiger partial charge in [-0.2, -0.15) is 4.68 Å². The molecular formula is C14H14N4O4S. The fourth-order valence-electron chi connectivity index (χ4n) is 2.84. The molecule has 0 spiro atoms. The molecule has 2 aromatic rings. The Kier molecular flexibility index (Phi) is 3.47. The number of Topliss-reactive ketones (excluding diaryl/α,β-unsaturated/α-hetero) is 1. The maximum absolute atomic E-state index is 11.9. The first kappa shape index (κ1) is 14.5. The maximum atomic E-state index is 11.9. The highest BCUT2D eigenvalue weighted by Gasteiger charge is 2.45. The van der Waals surface area contributed by atoms with Crippen molar-refractivity contribution < 1.29 is 19.0 Å². The number of tetrazole rings is 1. The average molecular weight is 334 g/mol. The van der Waals surface area contributed by atoms with E-state index in [9.17, 15) is 4.79 Å². The van der Waals surface area contributed by atoms with E-state index in [4.69, 9.17) is 26.4 Å². The lowest BCUT2D eigenvalue weighted by atomic mass is 10.0. The van der Waals surface area contributed by atoms with E-state index in [1.165, 1.54) is 4.68 Å². The van der Waals surface area contributed by atoms with Crippen LogP contribution in [0.15, 0.2) is 24.3 Å². The van der Waals surface area contributed by atoms with Crippen LogP contribution in [-0.4, -0.2) is 51.7 Å². The van der Waals surface area contributed by atoms with Crippen LogP contribution in [0.25, 0.3) is 5.69 Å². The third-order valence-corrected chi connectivity index (χ3v) is 4.39. The summed E-state index contributed by atoms with van der Waals surface area (Å²) in [6.07, 6.45) is -0.695. The number of methoxy groups -OCH3 is 1. The predicted molar refractivity (Wildman–Crippen MR) is 80.0 cm³/mol. The number of hydrogen-bond donors (Lipinski definition) is 0. The lowest BCUT2D eigenvalue weighted by Crippen LogP contribution is -2.37. The first-order valence-corrected chi connectivity index (χ1v) is 7.57. The van der Waals surface area contributed by atoms with Crippen molar-refractivity contribution in [2.24, 2.45) is 0 Å². The van der Waals surface area contributed by atoms with Crippen molar-refractivity contribution in [2.75, 3.05) is 13.7 Å². The number of nitrogens with zero attached hydrogens (tertiary/aromatic N) is 4. The van der Waals surface area contributed by atoms with Crippen LogP contribution in [0.5, 0.6) is 5.75 Å². The second kappa shape index (κ2) is 5.52. The Morgan fingerprint density at radius 3 is 3.09 bits per heavy atom. The van der Waals surface area contributed by atoms with Crippen LogP contribution >= 0.6 is 12.2 Å². The standard InChI is InChI=1S/C14H14N4O4S/c1-20-9-4-2-3-8(5-9)17-14(23)18(16-15-17)10-6-11(19)13-21-7-12(10)22-13/h2-5,10,12-13H,6-7H2,1H3/t10-,12+,13-/m0/s1. The first-order chi connectivity index (χ1) is 11.2. The Bertz CT molecular complexity index is 817. The van der Waals surface area contributed by atoms with Crippen molar-refractivity contribution in [1.82, 2.24) is 19.8 Å². The minimum absolute atomic E-state index is 0.0958. The first-order valence-electron chi connectivity index (χ1n) is 7.16. The summed E-state index contributed by atoms with van der Waals surface area (Å²) in [7, 11) is 1.59. The molecule has 120 valence electrons. The number of carbonyl (C=O) groups is 1. The molecule has 3 heterocycles. The molecule has 2 aliphatic heterocycles. The summed E-state index contributed by atoms with van der Waals surface area (Å²) < 4.78 is 19.6. The lowest BCUT2D eigenvalue weighted by molar-refractivity contribution is -0.156. The van der Waals surface area contributed by atoms with E-state index < -0.39 is 6.29 Å². The van der Waals surface area contributed by atoms with E-state index in [-0.39, 0.29) is 24.3 Å². The molecule has 3 atom stereocenters. The summed E-state index contributed by atoms with van der Waals surface area (Å²) in [4.78, 5) is 11.9. The number of carbonyl (C=O) groups excluding carboxylic acids is 1. The highest BCUT2D eigenvalue weighted by atomic mass is 32.1. The zero-order chi connectivity index (χ0) is 16.0. The molecule has 1 aromatic carbocycles. The van der Waals surface area contributed by atoms with E-state index in [0.717, 1.165) is 5.69 Å². The molecular weight excluding hydrogens is 320 g/mol. The lowest BCUT2D eigenvalue weighted by Gasteiger charge is -2.25. The molecule has 0 saturated carbocycles. The molecule has 8 nitrogen and oxygen atoms in total. The quantitative estimate of drug-likeness (QED) is 0.777. The number of aromatic nitrogens is 4. The third kappa shape index (κ3) is 2.37. The SMILES string of the molecule is COc1cccc(-n2nnn([C@H]3CC(=O)[C@H]4OC[C@H]3O4)c2=S)c1. The second-order valence-corrected chi connectivity index (χ2v) is 5.76. The van der Waals surface area contributed by atoms with Crippen LogP contribution < -0.4 is 4.74 Å². The van der Waals surface area contributed by atoms with Gasteiger partial charge in [0.15, 0.2) is 5.78 Å². The van der Waals surface area contributed by atoms with Gasteiger partial charge in [-0.25, -0.2) is 4.68 Å². The van der Waals surface area contributed by atoms with Gasteiger partial charge < -0.3 is 14.2 Å². The largest absolute Gasteiger partial charge is 0.497 e. The van der Waals surface area contributed by atoms with Gasteiger partial charge in [-0.05, 0) is 34.8 Å². The van der Waals surface area contributed by atoms with Crippen LogP contribution in [-0.2, 0) is 14.3 Å². The number of fused-ring (bicyclic) bond motifs is 2. The molecule has 0 aliphatic carbocycles. The van der Waals surface area contributed by atoms with E-state index in [2.05, 4.69) is 10.4 Å². The minimum atomic E-state index is -0.737. The summed E-state index contributed by atoms with van der Waals surface area (Å²) >= 11 is 5.47. The van der Waals surface area contributed by atoms with Gasteiger partial charge in [-0.15, -0.1) is 0 Å². The fraction of sp³-hybridized carbons (Fsp3) is 0.429. The van der Waals surface area contributed by atoms with Crippen LogP contribution in [0.3, 0.4) is 0 Å². The van der Waals surface area contributed by atoms with Crippen LogP contribution in [0.4, 0.5) is 0 Å². The van der Waals surface area contributed by atoms with Crippen LogP contribution in [0, 0.1) is 4.77 Å². The molecule has 1 aromatic heterocycles. The van der Waals surface area contributed by atoms with Gasteiger partial charge in [-0.3, -0.25) is 4.79 Å². The Balaban J connectivity index is 1.71. The number of ether oxygens (including phenoxy) is 3. The van der Waals surface area contributed by atoms with Crippen LogP contribution in [0.1, 0.15) is 12.5 Å². The number of benzene rings is 1. The highest BCUT2D eigenvalue weighted by Crippen LogP contribution is 2.32. The molecule has 2 bridgehead atoms. The molecule has 0 unspecified atom stereocenters.